The van der Waals surface area contributed by atoms with Gasteiger partial charge in [-0.3, -0.25) is 0 Å². The largest absolute Gasteiger partial charge is 4.00 e. The molecule has 50 valence electrons. The summed E-state index contributed by atoms with van der Waals surface area (Å²) in [6.07, 6.45) is 0. The molecule has 0 fully saturated rings. The summed E-state index contributed by atoms with van der Waals surface area (Å²) in [7, 11) is 0. The molecule has 0 spiro atoms. The van der Waals surface area contributed by atoms with E-state index in [4.69, 9.17) is 0 Å². The molecule has 0 aromatic carbocycles. The molecule has 0 rings (SSSR count). The van der Waals surface area contributed by atoms with Crippen molar-refractivity contribution in [1.29, 1.82) is 0 Å². The molecule has 0 radical (unpaired) electrons. The standard InChI is InChI=1S/C4H9.3BrH.Hf/c1-4(2)3;;;;/h4H,1H2,2-3H3;3*1H;/q-1;;;;+4/p-3. The number of hydrogen-bond donors (Lipinski definition) is 0. The average Bonchev–Trinajstić information content (AvgIpc) is 0.811. The van der Waals surface area contributed by atoms with Crippen LogP contribution in [0.2, 0.25) is 0 Å². The molecule has 0 aromatic heterocycles. The Bertz CT molecular complexity index is 16.0. The summed E-state index contributed by atoms with van der Waals surface area (Å²) in [6.45, 7) is 7.75. The Morgan fingerprint density at radius 1 is 1.00 bits per heavy atom. The Labute approximate surface area is 102 Å². The molecule has 0 atom stereocenters. The number of hydrogen-bond acceptors (Lipinski definition) is 0. The topological polar surface area (TPSA) is 0 Å². The summed E-state index contributed by atoms with van der Waals surface area (Å²) in [5, 5.41) is 0. The van der Waals surface area contributed by atoms with Crippen molar-refractivity contribution in [2.75, 3.05) is 0 Å². The van der Waals surface area contributed by atoms with Crippen molar-refractivity contribution in [3.8, 4) is 0 Å². The van der Waals surface area contributed by atoms with Crippen molar-refractivity contribution in [2.24, 2.45) is 5.92 Å². The van der Waals surface area contributed by atoms with Crippen LogP contribution >= 0.6 is 0 Å². The van der Waals surface area contributed by atoms with Gasteiger partial charge in [0.2, 0.25) is 0 Å². The van der Waals surface area contributed by atoms with Gasteiger partial charge in [-0.25, -0.2) is 0 Å². The molecule has 0 saturated carbocycles. The van der Waals surface area contributed by atoms with Crippen molar-refractivity contribution in [2.45, 2.75) is 13.8 Å². The Kier molecular flexibility index (Phi) is 90.3. The Balaban J connectivity index is -0.00000000750. The van der Waals surface area contributed by atoms with Crippen LogP contribution in [0.15, 0.2) is 0 Å². The first kappa shape index (κ1) is 31.7. The molecule has 0 saturated heterocycles. The van der Waals surface area contributed by atoms with Crippen LogP contribution in [0, 0.1) is 12.8 Å². The molecular formula is C4H9Br3Hf. The molecule has 0 N–H and O–H groups in total. The van der Waals surface area contributed by atoms with E-state index < -0.39 is 0 Å². The molecule has 0 aromatic rings. The summed E-state index contributed by atoms with van der Waals surface area (Å²) < 4.78 is 0. The van der Waals surface area contributed by atoms with Gasteiger partial charge < -0.3 is 57.9 Å². The van der Waals surface area contributed by atoms with Crippen LogP contribution in [0.3, 0.4) is 0 Å². The van der Waals surface area contributed by atoms with Gasteiger partial charge in [-0.1, -0.05) is 13.8 Å². The van der Waals surface area contributed by atoms with Crippen molar-refractivity contribution >= 4 is 0 Å². The Hall–Kier alpha value is 2.31. The summed E-state index contributed by atoms with van der Waals surface area (Å²) in [5.41, 5.74) is 0. The maximum Gasteiger partial charge on any atom is 4.00 e. The quantitative estimate of drug-likeness (QED) is 0.242. The third-order valence-electron chi connectivity index (χ3n) is 0. The summed E-state index contributed by atoms with van der Waals surface area (Å²) in [4.78, 5) is 0. The first-order valence-corrected chi connectivity index (χ1v) is 1.56. The molecule has 0 heterocycles. The first-order valence-electron chi connectivity index (χ1n) is 1.56. The fourth-order valence-corrected chi connectivity index (χ4v) is 0. The van der Waals surface area contributed by atoms with Crippen LogP contribution in [-0.2, 0) is 25.8 Å². The monoisotopic (exact) mass is 474 g/mol. The van der Waals surface area contributed by atoms with Gasteiger partial charge in [0.1, 0.15) is 0 Å². The molecule has 0 amide bonds. The molecule has 0 nitrogen and oxygen atoms in total. The molecule has 0 bridgehead atoms. The minimum atomic E-state index is 0. The minimum Gasteiger partial charge on any atom is -1.00 e. The third kappa shape index (κ3) is 83.2. The first-order chi connectivity index (χ1) is 1.73. The van der Waals surface area contributed by atoms with Crippen molar-refractivity contribution in [3.63, 3.8) is 0 Å². The second-order valence-corrected chi connectivity index (χ2v) is 1.39. The fraction of sp³-hybridized carbons (Fsp3) is 0.750. The number of rotatable bonds is 0. The van der Waals surface area contributed by atoms with E-state index in [1.54, 1.807) is 0 Å². The zero-order valence-electron chi connectivity index (χ0n) is 4.92. The van der Waals surface area contributed by atoms with Crippen molar-refractivity contribution in [3.05, 3.63) is 6.92 Å². The SMILES string of the molecule is [Br-].[Br-].[Br-].[CH2-]C(C)C.[Hf+4]. The number of halogens is 3. The Morgan fingerprint density at radius 3 is 1.00 bits per heavy atom. The van der Waals surface area contributed by atoms with E-state index in [0.29, 0.717) is 5.92 Å². The second-order valence-electron chi connectivity index (χ2n) is 1.39. The van der Waals surface area contributed by atoms with Gasteiger partial charge in [-0.2, -0.15) is 5.92 Å². The van der Waals surface area contributed by atoms with Gasteiger partial charge >= 0.3 is 25.8 Å². The average molecular weight is 475 g/mol. The van der Waals surface area contributed by atoms with Crippen molar-refractivity contribution < 1.29 is 76.8 Å². The van der Waals surface area contributed by atoms with E-state index in [-0.39, 0.29) is 76.8 Å². The van der Waals surface area contributed by atoms with Gasteiger partial charge in [0.25, 0.3) is 0 Å². The van der Waals surface area contributed by atoms with E-state index in [0.717, 1.165) is 0 Å². The molecule has 0 aliphatic heterocycles. The van der Waals surface area contributed by atoms with E-state index in [2.05, 4.69) is 20.8 Å². The van der Waals surface area contributed by atoms with Crippen LogP contribution in [0.4, 0.5) is 0 Å². The molecule has 0 unspecified atom stereocenters. The maximum absolute atomic E-state index is 3.64. The van der Waals surface area contributed by atoms with Crippen LogP contribution in [-0.4, -0.2) is 0 Å². The van der Waals surface area contributed by atoms with Gasteiger partial charge in [0.15, 0.2) is 0 Å². The second kappa shape index (κ2) is 22.8. The van der Waals surface area contributed by atoms with Gasteiger partial charge in [-0.15, -0.1) is 0 Å². The predicted molar refractivity (Wildman–Crippen MR) is 20.2 cm³/mol. The van der Waals surface area contributed by atoms with Crippen LogP contribution in [0.1, 0.15) is 13.8 Å². The molecule has 8 heavy (non-hydrogen) atoms. The van der Waals surface area contributed by atoms with Crippen molar-refractivity contribution in [1.82, 2.24) is 0 Å². The van der Waals surface area contributed by atoms with E-state index in [9.17, 15) is 0 Å². The molecule has 4 heteroatoms. The normalized spacial score (nSPS) is 4.50. The summed E-state index contributed by atoms with van der Waals surface area (Å²) in [6, 6.07) is 0. The summed E-state index contributed by atoms with van der Waals surface area (Å²) >= 11 is 0. The van der Waals surface area contributed by atoms with E-state index in [1.807, 2.05) is 0 Å². The molecule has 0 aliphatic carbocycles. The zero-order valence-corrected chi connectivity index (χ0v) is 13.3. The van der Waals surface area contributed by atoms with E-state index >= 15 is 0 Å². The smallest absolute Gasteiger partial charge is 1.00 e. The van der Waals surface area contributed by atoms with Gasteiger partial charge in [-0.05, 0) is 0 Å². The minimum absolute atomic E-state index is 0. The molecule has 0 aliphatic rings. The third-order valence-corrected chi connectivity index (χ3v) is 0. The van der Waals surface area contributed by atoms with Crippen LogP contribution in [0.25, 0.3) is 0 Å². The summed E-state index contributed by atoms with van der Waals surface area (Å²) in [5.74, 6) is 0.583. The fourth-order valence-electron chi connectivity index (χ4n) is 0. The van der Waals surface area contributed by atoms with Gasteiger partial charge in [0.05, 0.1) is 0 Å². The zero-order chi connectivity index (χ0) is 3.58. The maximum atomic E-state index is 3.64. The van der Waals surface area contributed by atoms with Gasteiger partial charge in [0, 0.05) is 0 Å². The van der Waals surface area contributed by atoms with Crippen LogP contribution < -0.4 is 50.9 Å². The molecular weight excluding hydrogens is 466 g/mol. The van der Waals surface area contributed by atoms with Crippen LogP contribution in [0.5, 0.6) is 0 Å². The van der Waals surface area contributed by atoms with E-state index in [1.165, 1.54) is 0 Å². The predicted octanol–water partition coefficient (Wildman–Crippen LogP) is -7.51. The Morgan fingerprint density at radius 2 is 1.00 bits per heavy atom.